The van der Waals surface area contributed by atoms with Crippen LogP contribution in [0.4, 0.5) is 4.79 Å². The maximum atomic E-state index is 12.2. The number of carboxylic acids is 1. The smallest absolute Gasteiger partial charge is 0.323 e. The molecule has 1 rings (SSSR count). The highest BCUT2D eigenvalue weighted by Gasteiger charge is 2.32. The molecule has 1 saturated heterocycles. The molecule has 1 N–H and O–H groups in total. The second-order valence-electron chi connectivity index (χ2n) is 4.88. The minimum Gasteiger partial charge on any atom is -0.480 e. The first-order valence-electron chi connectivity index (χ1n) is 5.86. The van der Waals surface area contributed by atoms with Crippen molar-refractivity contribution in [2.24, 2.45) is 0 Å². The second-order valence-corrected chi connectivity index (χ2v) is 6.68. The van der Waals surface area contributed by atoms with E-state index in [-0.39, 0.29) is 23.9 Å². The van der Waals surface area contributed by atoms with Crippen molar-refractivity contribution in [3.05, 3.63) is 12.7 Å². The number of thioether (sulfide) groups is 1. The number of urea groups is 1. The summed E-state index contributed by atoms with van der Waals surface area (Å²) in [6, 6.07) is -0.217. The standard InChI is InChI=1S/C12H20N2O3S/c1-4-5-13(8-10(15)16)11(17)14-6-7-18-12(2,3)9-14/h4H,1,5-9H2,2-3H3,(H,15,16). The number of hydrogen-bond donors (Lipinski definition) is 1. The van der Waals surface area contributed by atoms with E-state index in [0.717, 1.165) is 5.75 Å². The number of amides is 2. The Labute approximate surface area is 112 Å². The summed E-state index contributed by atoms with van der Waals surface area (Å²) in [7, 11) is 0. The summed E-state index contributed by atoms with van der Waals surface area (Å²) in [5, 5.41) is 8.81. The summed E-state index contributed by atoms with van der Waals surface area (Å²) in [5.74, 6) is -0.121. The van der Waals surface area contributed by atoms with E-state index in [1.54, 1.807) is 11.0 Å². The van der Waals surface area contributed by atoms with Crippen LogP contribution in [0.25, 0.3) is 0 Å². The van der Waals surface area contributed by atoms with Crippen molar-refractivity contribution >= 4 is 23.8 Å². The lowest BCUT2D eigenvalue weighted by Crippen LogP contribution is -2.52. The van der Waals surface area contributed by atoms with Crippen molar-refractivity contribution in [3.63, 3.8) is 0 Å². The minimum absolute atomic E-state index is 0.0248. The molecule has 0 unspecified atom stereocenters. The fraction of sp³-hybridized carbons (Fsp3) is 0.667. The maximum absolute atomic E-state index is 12.2. The van der Waals surface area contributed by atoms with Crippen LogP contribution in [0.5, 0.6) is 0 Å². The third-order valence-electron chi connectivity index (χ3n) is 2.64. The van der Waals surface area contributed by atoms with E-state index >= 15 is 0 Å². The summed E-state index contributed by atoms with van der Waals surface area (Å²) in [6.07, 6.45) is 1.55. The Morgan fingerprint density at radius 3 is 2.72 bits per heavy atom. The number of hydrogen-bond acceptors (Lipinski definition) is 3. The largest absolute Gasteiger partial charge is 0.480 e. The molecule has 0 bridgehead atoms. The molecule has 1 heterocycles. The fourth-order valence-electron chi connectivity index (χ4n) is 1.91. The van der Waals surface area contributed by atoms with Gasteiger partial charge in [0, 0.05) is 30.1 Å². The molecule has 0 aromatic carbocycles. The van der Waals surface area contributed by atoms with Crippen LogP contribution in [0, 0.1) is 0 Å². The molecule has 5 nitrogen and oxygen atoms in total. The van der Waals surface area contributed by atoms with Crippen molar-refractivity contribution in [3.8, 4) is 0 Å². The number of carbonyl (C=O) groups excluding carboxylic acids is 1. The van der Waals surface area contributed by atoms with E-state index in [4.69, 9.17) is 5.11 Å². The second kappa shape index (κ2) is 6.13. The summed E-state index contributed by atoms with van der Waals surface area (Å²) in [5.41, 5.74) is 0. The number of rotatable bonds is 4. The Bertz CT molecular complexity index is 344. The molecule has 18 heavy (non-hydrogen) atoms. The van der Waals surface area contributed by atoms with Crippen molar-refractivity contribution in [2.75, 3.05) is 31.9 Å². The molecule has 0 radical (unpaired) electrons. The van der Waals surface area contributed by atoms with Gasteiger partial charge >= 0.3 is 12.0 Å². The highest BCUT2D eigenvalue weighted by molar-refractivity contribution is 8.00. The van der Waals surface area contributed by atoms with E-state index in [0.29, 0.717) is 13.1 Å². The quantitative estimate of drug-likeness (QED) is 0.788. The third-order valence-corrected chi connectivity index (χ3v) is 3.94. The van der Waals surface area contributed by atoms with Gasteiger partial charge in [0.2, 0.25) is 0 Å². The summed E-state index contributed by atoms with van der Waals surface area (Å²) < 4.78 is 0.0248. The molecule has 0 spiro atoms. The Morgan fingerprint density at radius 1 is 1.56 bits per heavy atom. The van der Waals surface area contributed by atoms with Gasteiger partial charge in [-0.2, -0.15) is 11.8 Å². The molecule has 0 aromatic heterocycles. The van der Waals surface area contributed by atoms with Gasteiger partial charge in [-0.3, -0.25) is 4.79 Å². The van der Waals surface area contributed by atoms with E-state index < -0.39 is 5.97 Å². The van der Waals surface area contributed by atoms with Crippen molar-refractivity contribution in [2.45, 2.75) is 18.6 Å². The van der Waals surface area contributed by atoms with Crippen molar-refractivity contribution < 1.29 is 14.7 Å². The summed E-state index contributed by atoms with van der Waals surface area (Å²) in [6.45, 7) is 9.02. The molecule has 1 aliphatic heterocycles. The highest BCUT2D eigenvalue weighted by Crippen LogP contribution is 2.29. The zero-order valence-electron chi connectivity index (χ0n) is 10.9. The number of carboxylic acid groups (broad SMARTS) is 1. The van der Waals surface area contributed by atoms with Crippen LogP contribution in [0.15, 0.2) is 12.7 Å². The molecule has 1 fully saturated rings. The Hall–Kier alpha value is -1.17. The van der Waals surface area contributed by atoms with Crippen molar-refractivity contribution in [1.29, 1.82) is 0 Å². The predicted octanol–water partition coefficient (Wildman–Crippen LogP) is 1.51. The van der Waals surface area contributed by atoms with E-state index in [9.17, 15) is 9.59 Å². The van der Waals surface area contributed by atoms with Gasteiger partial charge in [-0.15, -0.1) is 6.58 Å². The predicted molar refractivity (Wildman–Crippen MR) is 72.9 cm³/mol. The van der Waals surface area contributed by atoms with E-state index in [1.807, 2.05) is 11.8 Å². The Morgan fingerprint density at radius 2 is 2.22 bits per heavy atom. The summed E-state index contributed by atoms with van der Waals surface area (Å²) >= 11 is 1.83. The molecule has 0 aromatic rings. The van der Waals surface area contributed by atoms with Crippen LogP contribution in [-0.2, 0) is 4.79 Å². The van der Waals surface area contributed by atoms with Crippen LogP contribution in [0.1, 0.15) is 13.8 Å². The fourth-order valence-corrected chi connectivity index (χ4v) is 3.02. The summed E-state index contributed by atoms with van der Waals surface area (Å²) in [4.78, 5) is 26.0. The number of aliphatic carboxylic acids is 1. The highest BCUT2D eigenvalue weighted by atomic mass is 32.2. The van der Waals surface area contributed by atoms with Crippen LogP contribution < -0.4 is 0 Å². The average molecular weight is 272 g/mol. The molecule has 0 saturated carbocycles. The SMILES string of the molecule is C=CCN(CC(=O)O)C(=O)N1CCSC(C)(C)C1. The van der Waals surface area contributed by atoms with Gasteiger partial charge < -0.3 is 14.9 Å². The average Bonchev–Trinajstić information content (AvgIpc) is 2.25. The van der Waals surface area contributed by atoms with Crippen LogP contribution >= 0.6 is 11.8 Å². The van der Waals surface area contributed by atoms with Crippen LogP contribution in [0.2, 0.25) is 0 Å². The Kier molecular flexibility index (Phi) is 5.07. The van der Waals surface area contributed by atoms with Gasteiger partial charge in [0.15, 0.2) is 0 Å². The van der Waals surface area contributed by atoms with Crippen molar-refractivity contribution in [1.82, 2.24) is 9.80 Å². The monoisotopic (exact) mass is 272 g/mol. The number of carbonyl (C=O) groups is 2. The normalized spacial score (nSPS) is 18.2. The van der Waals surface area contributed by atoms with Gasteiger partial charge in [-0.25, -0.2) is 4.79 Å². The van der Waals surface area contributed by atoms with Crippen LogP contribution in [-0.4, -0.2) is 63.6 Å². The molecule has 0 atom stereocenters. The first-order chi connectivity index (χ1) is 8.35. The maximum Gasteiger partial charge on any atom is 0.323 e. The molecule has 1 aliphatic rings. The topological polar surface area (TPSA) is 60.9 Å². The van der Waals surface area contributed by atoms with Crippen LogP contribution in [0.3, 0.4) is 0 Å². The minimum atomic E-state index is -1.00. The molecular weight excluding hydrogens is 252 g/mol. The molecule has 6 heteroatoms. The van der Waals surface area contributed by atoms with Gasteiger partial charge in [0.05, 0.1) is 0 Å². The lowest BCUT2D eigenvalue weighted by Gasteiger charge is -2.39. The van der Waals surface area contributed by atoms with Gasteiger partial charge in [0.1, 0.15) is 6.54 Å². The van der Waals surface area contributed by atoms with E-state index in [1.165, 1.54) is 4.90 Å². The molecule has 2 amide bonds. The zero-order valence-corrected chi connectivity index (χ0v) is 11.7. The van der Waals surface area contributed by atoms with E-state index in [2.05, 4.69) is 20.4 Å². The molecular formula is C12H20N2O3S. The number of nitrogens with zero attached hydrogens (tertiary/aromatic N) is 2. The lowest BCUT2D eigenvalue weighted by molar-refractivity contribution is -0.137. The van der Waals surface area contributed by atoms with Gasteiger partial charge in [-0.05, 0) is 13.8 Å². The molecule has 102 valence electrons. The first kappa shape index (κ1) is 14.9. The third kappa shape index (κ3) is 4.25. The zero-order chi connectivity index (χ0) is 13.8. The first-order valence-corrected chi connectivity index (χ1v) is 6.85. The Balaban J connectivity index is 2.69. The molecule has 0 aliphatic carbocycles. The van der Waals surface area contributed by atoms with Gasteiger partial charge in [-0.1, -0.05) is 6.08 Å². The van der Waals surface area contributed by atoms with Gasteiger partial charge in [0.25, 0.3) is 0 Å². The lowest BCUT2D eigenvalue weighted by atomic mass is 10.2.